The summed E-state index contributed by atoms with van der Waals surface area (Å²) in [5.41, 5.74) is 12.4. The van der Waals surface area contributed by atoms with Gasteiger partial charge in [0.25, 0.3) is 0 Å². The highest BCUT2D eigenvalue weighted by Gasteiger charge is 2.12. The van der Waals surface area contributed by atoms with Crippen molar-refractivity contribution in [3.63, 3.8) is 0 Å². The molecule has 3 heteroatoms. The quantitative estimate of drug-likeness (QED) is 0.667. The molecule has 1 amide bonds. The maximum Gasteiger partial charge on any atom is 0.238 e. The van der Waals surface area contributed by atoms with Gasteiger partial charge in [0.1, 0.15) is 6.04 Å². The minimum atomic E-state index is -0.689. The van der Waals surface area contributed by atoms with Gasteiger partial charge < -0.3 is 11.5 Å². The van der Waals surface area contributed by atoms with Crippen LogP contribution in [0.2, 0.25) is 0 Å². The second-order valence-electron chi connectivity index (χ2n) is 2.74. The van der Waals surface area contributed by atoms with Gasteiger partial charge in [-0.1, -0.05) is 24.3 Å². The molecule has 0 aliphatic carbocycles. The van der Waals surface area contributed by atoms with Crippen LogP contribution in [0.5, 0.6) is 0 Å². The van der Waals surface area contributed by atoms with Crippen molar-refractivity contribution in [2.75, 3.05) is 0 Å². The molecular formula is C9H12N2O. The van der Waals surface area contributed by atoms with E-state index in [1.807, 2.05) is 31.2 Å². The molecule has 64 valence electrons. The molecule has 4 N–H and O–H groups in total. The number of hydrogen-bond donors (Lipinski definition) is 2. The monoisotopic (exact) mass is 164 g/mol. The molecule has 1 atom stereocenters. The van der Waals surface area contributed by atoms with Gasteiger partial charge in [-0.3, -0.25) is 4.79 Å². The van der Waals surface area contributed by atoms with E-state index in [0.29, 0.717) is 0 Å². The normalized spacial score (nSPS) is 12.5. The second-order valence-corrected chi connectivity index (χ2v) is 2.74. The van der Waals surface area contributed by atoms with Gasteiger partial charge in [-0.15, -0.1) is 0 Å². The smallest absolute Gasteiger partial charge is 0.238 e. The van der Waals surface area contributed by atoms with Crippen LogP contribution in [0.15, 0.2) is 24.3 Å². The molecule has 0 aromatic heterocycles. The third-order valence-electron chi connectivity index (χ3n) is 1.83. The zero-order valence-electron chi connectivity index (χ0n) is 6.95. The van der Waals surface area contributed by atoms with Crippen molar-refractivity contribution in [3.05, 3.63) is 35.4 Å². The molecule has 0 saturated carbocycles. The summed E-state index contributed by atoms with van der Waals surface area (Å²) in [4.78, 5) is 10.7. The molecule has 0 aliphatic heterocycles. The Balaban J connectivity index is 3.02. The molecule has 3 nitrogen and oxygen atoms in total. The number of rotatable bonds is 2. The van der Waals surface area contributed by atoms with Crippen molar-refractivity contribution in [2.45, 2.75) is 13.0 Å². The van der Waals surface area contributed by atoms with Crippen molar-refractivity contribution in [1.82, 2.24) is 0 Å². The molecule has 12 heavy (non-hydrogen) atoms. The predicted octanol–water partition coefficient (Wildman–Crippen LogP) is 0.480. The maximum absolute atomic E-state index is 10.7. The number of hydrogen-bond acceptors (Lipinski definition) is 2. The Hall–Kier alpha value is -1.35. The Labute approximate surface area is 71.4 Å². The molecule has 0 saturated heterocycles. The van der Waals surface area contributed by atoms with Crippen LogP contribution < -0.4 is 11.5 Å². The largest absolute Gasteiger partial charge is 0.368 e. The van der Waals surface area contributed by atoms with Gasteiger partial charge in [0.15, 0.2) is 0 Å². The van der Waals surface area contributed by atoms with Gasteiger partial charge in [-0.25, -0.2) is 0 Å². The summed E-state index contributed by atoms with van der Waals surface area (Å²) in [6.45, 7) is 1.90. The molecule has 1 aromatic rings. The number of amides is 1. The highest BCUT2D eigenvalue weighted by atomic mass is 16.1. The van der Waals surface area contributed by atoms with Crippen LogP contribution in [0.1, 0.15) is 17.2 Å². The topological polar surface area (TPSA) is 69.1 Å². The van der Waals surface area contributed by atoms with Crippen molar-refractivity contribution in [3.8, 4) is 0 Å². The van der Waals surface area contributed by atoms with Gasteiger partial charge in [-0.05, 0) is 18.1 Å². The van der Waals surface area contributed by atoms with Crippen LogP contribution in [0.25, 0.3) is 0 Å². The SMILES string of the molecule is Cc1ccccc1C(N)C(N)=O. The Morgan fingerprint density at radius 2 is 2.00 bits per heavy atom. The highest BCUT2D eigenvalue weighted by Crippen LogP contribution is 2.13. The lowest BCUT2D eigenvalue weighted by molar-refractivity contribution is -0.119. The van der Waals surface area contributed by atoms with Gasteiger partial charge in [-0.2, -0.15) is 0 Å². The Bertz CT molecular complexity index is 296. The Morgan fingerprint density at radius 3 is 2.50 bits per heavy atom. The summed E-state index contributed by atoms with van der Waals surface area (Å²) < 4.78 is 0. The summed E-state index contributed by atoms with van der Waals surface area (Å²) in [5.74, 6) is -0.496. The summed E-state index contributed by atoms with van der Waals surface area (Å²) >= 11 is 0. The van der Waals surface area contributed by atoms with E-state index in [-0.39, 0.29) is 0 Å². The molecule has 0 fully saturated rings. The fraction of sp³-hybridized carbons (Fsp3) is 0.222. The minimum Gasteiger partial charge on any atom is -0.368 e. The molecule has 1 unspecified atom stereocenters. The van der Waals surface area contributed by atoms with Gasteiger partial charge >= 0.3 is 0 Å². The molecule has 0 aliphatic rings. The molecule has 1 rings (SSSR count). The Kier molecular flexibility index (Phi) is 2.45. The van der Waals surface area contributed by atoms with Crippen LogP contribution in [0.4, 0.5) is 0 Å². The lowest BCUT2D eigenvalue weighted by atomic mass is 10.0. The molecule has 1 aromatic carbocycles. The van der Waals surface area contributed by atoms with Crippen molar-refractivity contribution < 1.29 is 4.79 Å². The fourth-order valence-corrected chi connectivity index (χ4v) is 1.09. The summed E-state index contributed by atoms with van der Waals surface area (Å²) in [7, 11) is 0. The molecule has 0 radical (unpaired) electrons. The van der Waals surface area contributed by atoms with E-state index in [1.165, 1.54) is 0 Å². The van der Waals surface area contributed by atoms with Crippen molar-refractivity contribution >= 4 is 5.91 Å². The number of aryl methyl sites for hydroxylation is 1. The zero-order valence-corrected chi connectivity index (χ0v) is 6.95. The van der Waals surface area contributed by atoms with Gasteiger partial charge in [0.2, 0.25) is 5.91 Å². The standard InChI is InChI=1S/C9H12N2O/c1-6-4-2-3-5-7(6)8(10)9(11)12/h2-5,8H,10H2,1H3,(H2,11,12). The number of carbonyl (C=O) groups is 1. The summed E-state index contributed by atoms with van der Waals surface area (Å²) in [6.07, 6.45) is 0. The van der Waals surface area contributed by atoms with E-state index >= 15 is 0 Å². The van der Waals surface area contributed by atoms with Crippen LogP contribution in [-0.2, 0) is 4.79 Å². The maximum atomic E-state index is 10.7. The summed E-state index contributed by atoms with van der Waals surface area (Å²) in [6, 6.07) is 6.76. The first kappa shape index (κ1) is 8.74. The molecular weight excluding hydrogens is 152 g/mol. The molecule has 0 spiro atoms. The van der Waals surface area contributed by atoms with E-state index in [0.717, 1.165) is 11.1 Å². The van der Waals surface area contributed by atoms with Crippen molar-refractivity contribution in [2.24, 2.45) is 11.5 Å². The van der Waals surface area contributed by atoms with Crippen LogP contribution in [0.3, 0.4) is 0 Å². The first-order chi connectivity index (χ1) is 5.63. The number of primary amides is 1. The number of nitrogens with two attached hydrogens (primary N) is 2. The lowest BCUT2D eigenvalue weighted by Crippen LogP contribution is -2.28. The van der Waals surface area contributed by atoms with Gasteiger partial charge in [0.05, 0.1) is 0 Å². The van der Waals surface area contributed by atoms with E-state index in [1.54, 1.807) is 0 Å². The molecule has 0 bridgehead atoms. The third kappa shape index (κ3) is 1.62. The van der Waals surface area contributed by atoms with Crippen molar-refractivity contribution in [1.29, 1.82) is 0 Å². The predicted molar refractivity (Wildman–Crippen MR) is 47.3 cm³/mol. The van der Waals surface area contributed by atoms with E-state index < -0.39 is 11.9 Å². The summed E-state index contributed by atoms with van der Waals surface area (Å²) in [5, 5.41) is 0. The zero-order chi connectivity index (χ0) is 9.14. The fourth-order valence-electron chi connectivity index (χ4n) is 1.09. The highest BCUT2D eigenvalue weighted by molar-refractivity contribution is 5.81. The first-order valence-corrected chi connectivity index (χ1v) is 3.73. The number of benzene rings is 1. The first-order valence-electron chi connectivity index (χ1n) is 3.73. The van der Waals surface area contributed by atoms with Crippen LogP contribution in [-0.4, -0.2) is 5.91 Å². The van der Waals surface area contributed by atoms with Gasteiger partial charge in [0, 0.05) is 0 Å². The Morgan fingerprint density at radius 1 is 1.42 bits per heavy atom. The van der Waals surface area contributed by atoms with E-state index in [2.05, 4.69) is 0 Å². The minimum absolute atomic E-state index is 0.496. The third-order valence-corrected chi connectivity index (χ3v) is 1.83. The average Bonchev–Trinajstić information content (AvgIpc) is 2.04. The average molecular weight is 164 g/mol. The second kappa shape index (κ2) is 3.36. The van der Waals surface area contributed by atoms with E-state index in [4.69, 9.17) is 11.5 Å². The van der Waals surface area contributed by atoms with Crippen LogP contribution >= 0.6 is 0 Å². The molecule has 0 heterocycles. The van der Waals surface area contributed by atoms with E-state index in [9.17, 15) is 4.79 Å². The number of carbonyl (C=O) groups excluding carboxylic acids is 1. The lowest BCUT2D eigenvalue weighted by Gasteiger charge is -2.09. The van der Waals surface area contributed by atoms with Crippen LogP contribution in [0, 0.1) is 6.92 Å².